The van der Waals surface area contributed by atoms with Gasteiger partial charge >= 0.3 is 0 Å². The van der Waals surface area contributed by atoms with Crippen LogP contribution in [-0.4, -0.2) is 18.1 Å². The molecule has 128 valence electrons. The van der Waals surface area contributed by atoms with Crippen molar-refractivity contribution in [3.63, 3.8) is 0 Å². The molecule has 2 aromatic carbocycles. The molecule has 1 fully saturated rings. The van der Waals surface area contributed by atoms with Gasteiger partial charge in [0.25, 0.3) is 0 Å². The summed E-state index contributed by atoms with van der Waals surface area (Å²) in [5.74, 6) is 0.729. The summed E-state index contributed by atoms with van der Waals surface area (Å²) >= 11 is 0. The zero-order valence-electron chi connectivity index (χ0n) is 14.7. The average molecular weight is 332 g/mol. The summed E-state index contributed by atoms with van der Waals surface area (Å²) in [4.78, 5) is 17.9. The summed E-state index contributed by atoms with van der Waals surface area (Å²) < 4.78 is 0. The number of pyridine rings is 1. The van der Waals surface area contributed by atoms with Crippen LogP contribution in [0.5, 0.6) is 0 Å². The van der Waals surface area contributed by atoms with E-state index in [2.05, 4.69) is 47.1 Å². The van der Waals surface area contributed by atoms with Crippen molar-refractivity contribution >= 4 is 16.6 Å². The van der Waals surface area contributed by atoms with Crippen LogP contribution in [0.1, 0.15) is 24.0 Å². The average Bonchev–Trinajstić information content (AvgIpc) is 2.64. The predicted octanol–water partition coefficient (Wildman–Crippen LogP) is 4.30. The standard InChI is InChI=1S/C22H24N2O/c1-16-5-7-17(8-6-16)15-18-10-13-24(14-11-18)20-4-2-3-19-22(20)21(25)9-12-23-19/h2-9,12,18H,10-11,13-15H2,1H3,(H,23,25). The number of H-pyrrole nitrogens is 1. The third kappa shape index (κ3) is 3.32. The van der Waals surface area contributed by atoms with E-state index >= 15 is 0 Å². The first-order valence-electron chi connectivity index (χ1n) is 9.11. The lowest BCUT2D eigenvalue weighted by atomic mass is 9.89. The molecule has 0 aliphatic carbocycles. The predicted molar refractivity (Wildman–Crippen MR) is 104 cm³/mol. The molecular weight excluding hydrogens is 308 g/mol. The Kier molecular flexibility index (Phi) is 4.31. The maximum absolute atomic E-state index is 12.3. The van der Waals surface area contributed by atoms with Crippen LogP contribution in [0, 0.1) is 12.8 Å². The molecule has 1 aliphatic rings. The van der Waals surface area contributed by atoms with E-state index in [0.717, 1.165) is 42.0 Å². The van der Waals surface area contributed by atoms with Gasteiger partial charge in [-0.3, -0.25) is 4.79 Å². The number of piperidine rings is 1. The summed E-state index contributed by atoms with van der Waals surface area (Å²) in [6.07, 6.45) is 5.23. The molecule has 3 aromatic rings. The third-order valence-corrected chi connectivity index (χ3v) is 5.36. The van der Waals surface area contributed by atoms with Gasteiger partial charge in [-0.2, -0.15) is 0 Å². The second-order valence-corrected chi connectivity index (χ2v) is 7.16. The molecule has 1 aliphatic heterocycles. The lowest BCUT2D eigenvalue weighted by molar-refractivity contribution is 0.404. The van der Waals surface area contributed by atoms with Crippen LogP contribution in [0.15, 0.2) is 59.5 Å². The molecule has 0 amide bonds. The lowest BCUT2D eigenvalue weighted by Crippen LogP contribution is -2.34. The van der Waals surface area contributed by atoms with Gasteiger partial charge in [-0.15, -0.1) is 0 Å². The van der Waals surface area contributed by atoms with Crippen molar-refractivity contribution in [2.45, 2.75) is 26.2 Å². The van der Waals surface area contributed by atoms with Gasteiger partial charge in [0.2, 0.25) is 0 Å². The van der Waals surface area contributed by atoms with Gasteiger partial charge in [0.1, 0.15) is 0 Å². The van der Waals surface area contributed by atoms with Crippen LogP contribution >= 0.6 is 0 Å². The van der Waals surface area contributed by atoms with Crippen molar-refractivity contribution in [2.75, 3.05) is 18.0 Å². The summed E-state index contributed by atoms with van der Waals surface area (Å²) in [5.41, 5.74) is 4.86. The minimum Gasteiger partial charge on any atom is -0.371 e. The quantitative estimate of drug-likeness (QED) is 0.776. The minimum atomic E-state index is 0.103. The number of fused-ring (bicyclic) bond motifs is 1. The van der Waals surface area contributed by atoms with Gasteiger partial charge in [-0.25, -0.2) is 0 Å². The number of nitrogens with one attached hydrogen (secondary N) is 1. The molecule has 3 nitrogen and oxygen atoms in total. The molecule has 4 rings (SSSR count). The first-order valence-corrected chi connectivity index (χ1v) is 9.11. The van der Waals surface area contributed by atoms with Gasteiger partial charge < -0.3 is 9.88 Å². The van der Waals surface area contributed by atoms with E-state index in [4.69, 9.17) is 0 Å². The second kappa shape index (κ2) is 6.75. The van der Waals surface area contributed by atoms with E-state index < -0.39 is 0 Å². The van der Waals surface area contributed by atoms with Gasteiger partial charge in [0, 0.05) is 25.4 Å². The van der Waals surface area contributed by atoms with Crippen LogP contribution in [-0.2, 0) is 6.42 Å². The number of hydrogen-bond donors (Lipinski definition) is 1. The van der Waals surface area contributed by atoms with Crippen molar-refractivity contribution in [3.05, 3.63) is 76.1 Å². The summed E-state index contributed by atoms with van der Waals surface area (Å²) in [7, 11) is 0. The highest BCUT2D eigenvalue weighted by molar-refractivity contribution is 5.91. The van der Waals surface area contributed by atoms with Crippen LogP contribution < -0.4 is 10.3 Å². The van der Waals surface area contributed by atoms with Crippen LogP contribution in [0.2, 0.25) is 0 Å². The second-order valence-electron chi connectivity index (χ2n) is 7.16. The Morgan fingerprint density at radius 2 is 1.80 bits per heavy atom. The minimum absolute atomic E-state index is 0.103. The zero-order chi connectivity index (χ0) is 17.2. The highest BCUT2D eigenvalue weighted by Gasteiger charge is 2.21. The monoisotopic (exact) mass is 332 g/mol. The molecule has 1 N–H and O–H groups in total. The van der Waals surface area contributed by atoms with E-state index in [1.165, 1.54) is 24.0 Å². The maximum Gasteiger partial charge on any atom is 0.191 e. The maximum atomic E-state index is 12.3. The van der Waals surface area contributed by atoms with E-state index in [9.17, 15) is 4.79 Å². The Bertz CT molecular complexity index is 913. The Morgan fingerprint density at radius 3 is 2.56 bits per heavy atom. The summed E-state index contributed by atoms with van der Waals surface area (Å²) in [6.45, 7) is 4.17. The largest absolute Gasteiger partial charge is 0.371 e. The normalized spacial score (nSPS) is 15.6. The van der Waals surface area contributed by atoms with Gasteiger partial charge in [0.05, 0.1) is 16.6 Å². The molecule has 2 heterocycles. The Hall–Kier alpha value is -2.55. The van der Waals surface area contributed by atoms with Crippen LogP contribution in [0.4, 0.5) is 5.69 Å². The van der Waals surface area contributed by atoms with Crippen molar-refractivity contribution in [1.82, 2.24) is 4.98 Å². The first-order chi connectivity index (χ1) is 12.2. The van der Waals surface area contributed by atoms with Crippen molar-refractivity contribution in [2.24, 2.45) is 5.92 Å². The Morgan fingerprint density at radius 1 is 1.04 bits per heavy atom. The number of anilines is 1. The molecule has 0 radical (unpaired) electrons. The number of benzene rings is 2. The summed E-state index contributed by atoms with van der Waals surface area (Å²) in [5, 5.41) is 0.821. The molecule has 0 unspecified atom stereocenters. The van der Waals surface area contributed by atoms with Crippen molar-refractivity contribution in [3.8, 4) is 0 Å². The SMILES string of the molecule is Cc1ccc(CC2CCN(c3cccc4[nH]ccc(=O)c34)CC2)cc1. The lowest BCUT2D eigenvalue weighted by Gasteiger charge is -2.34. The fourth-order valence-corrected chi connectivity index (χ4v) is 3.91. The van der Waals surface area contributed by atoms with Crippen molar-refractivity contribution in [1.29, 1.82) is 0 Å². The third-order valence-electron chi connectivity index (χ3n) is 5.36. The molecule has 0 atom stereocenters. The number of aryl methyl sites for hydroxylation is 1. The molecule has 0 spiro atoms. The van der Waals surface area contributed by atoms with E-state index in [1.807, 2.05) is 12.1 Å². The van der Waals surface area contributed by atoms with Gasteiger partial charge in [-0.05, 0) is 49.8 Å². The van der Waals surface area contributed by atoms with Gasteiger partial charge in [-0.1, -0.05) is 35.9 Å². The number of rotatable bonds is 3. The van der Waals surface area contributed by atoms with E-state index in [1.54, 1.807) is 12.3 Å². The topological polar surface area (TPSA) is 36.1 Å². The van der Waals surface area contributed by atoms with Crippen molar-refractivity contribution < 1.29 is 0 Å². The molecule has 1 saturated heterocycles. The molecule has 3 heteroatoms. The Balaban J connectivity index is 1.49. The first kappa shape index (κ1) is 15.9. The molecule has 1 aromatic heterocycles. The van der Waals surface area contributed by atoms with Gasteiger partial charge in [0.15, 0.2) is 5.43 Å². The van der Waals surface area contributed by atoms with E-state index in [-0.39, 0.29) is 5.43 Å². The van der Waals surface area contributed by atoms with E-state index in [0.29, 0.717) is 0 Å². The van der Waals surface area contributed by atoms with Crippen LogP contribution in [0.3, 0.4) is 0 Å². The number of aromatic nitrogens is 1. The molecule has 0 bridgehead atoms. The molecular formula is C22H24N2O. The number of nitrogens with zero attached hydrogens (tertiary/aromatic N) is 1. The highest BCUT2D eigenvalue weighted by Crippen LogP contribution is 2.29. The Labute approximate surface area is 148 Å². The smallest absolute Gasteiger partial charge is 0.191 e. The number of hydrogen-bond acceptors (Lipinski definition) is 2. The molecule has 0 saturated carbocycles. The van der Waals surface area contributed by atoms with Crippen LogP contribution in [0.25, 0.3) is 10.9 Å². The molecule has 25 heavy (non-hydrogen) atoms. The zero-order valence-corrected chi connectivity index (χ0v) is 14.7. The number of aromatic amines is 1. The highest BCUT2D eigenvalue weighted by atomic mass is 16.1. The fourth-order valence-electron chi connectivity index (χ4n) is 3.91. The fraction of sp³-hybridized carbons (Fsp3) is 0.318. The summed E-state index contributed by atoms with van der Waals surface area (Å²) in [6, 6.07) is 16.6.